The van der Waals surface area contributed by atoms with Gasteiger partial charge in [-0.1, -0.05) is 125 Å². The Bertz CT molecular complexity index is 1270. The Morgan fingerprint density at radius 2 is 1.11 bits per heavy atom. The second-order valence-electron chi connectivity index (χ2n) is 7.34. The molecule has 0 aliphatic carbocycles. The van der Waals surface area contributed by atoms with E-state index >= 15 is 0 Å². The van der Waals surface area contributed by atoms with Crippen LogP contribution in [0.25, 0.3) is 5.57 Å². The second kappa shape index (κ2) is 11.4. The molecular formula is C27H17Cl3F3PS. The normalized spacial score (nSPS) is 12.5. The highest BCUT2D eigenvalue weighted by Gasteiger charge is 2.40. The molecule has 4 aromatic rings. The van der Waals surface area contributed by atoms with Crippen LogP contribution in [0, 0.1) is 0 Å². The Morgan fingerprint density at radius 3 is 1.57 bits per heavy atom. The maximum absolute atomic E-state index is 14.9. The van der Waals surface area contributed by atoms with Crippen LogP contribution in [-0.4, -0.2) is 6.18 Å². The average molecular weight is 568 g/mol. The molecule has 0 heterocycles. The minimum Gasteiger partial charge on any atom is -0.166 e. The first-order chi connectivity index (χ1) is 16.8. The van der Waals surface area contributed by atoms with Crippen molar-refractivity contribution < 1.29 is 13.2 Å². The molecule has 0 aromatic heterocycles. The van der Waals surface area contributed by atoms with Gasteiger partial charge in [0.1, 0.15) is 0 Å². The standard InChI is InChI=1S/C27H17Cl3F3PS/c28-19-16-14-18(15-17-19)24(27(31,32)33)26(35-25-22(29)12-7-13-23(25)30)34(20-8-3-1-4-9-20)21-10-5-2-6-11-21/h1-17H/b26-24+. The zero-order valence-corrected chi connectivity index (χ0v) is 21.9. The Kier molecular flexibility index (Phi) is 8.52. The van der Waals surface area contributed by atoms with Gasteiger partial charge in [0.15, 0.2) is 0 Å². The quantitative estimate of drug-likeness (QED) is 0.165. The lowest BCUT2D eigenvalue weighted by molar-refractivity contribution is -0.0689. The fraction of sp³-hybridized carbons (Fsp3) is 0.0370. The van der Waals surface area contributed by atoms with E-state index in [-0.39, 0.29) is 20.3 Å². The number of alkyl halides is 3. The van der Waals surface area contributed by atoms with Gasteiger partial charge >= 0.3 is 6.18 Å². The van der Waals surface area contributed by atoms with Crippen molar-refractivity contribution in [3.8, 4) is 0 Å². The highest BCUT2D eigenvalue weighted by Crippen LogP contribution is 2.59. The lowest BCUT2D eigenvalue weighted by atomic mass is 10.1. The van der Waals surface area contributed by atoms with Crippen LogP contribution in [0.3, 0.4) is 0 Å². The number of thioether (sulfide) groups is 1. The molecule has 0 unspecified atom stereocenters. The number of benzene rings is 4. The summed E-state index contributed by atoms with van der Waals surface area (Å²) in [5, 5.41) is 2.47. The third kappa shape index (κ3) is 6.25. The lowest BCUT2D eigenvalue weighted by Crippen LogP contribution is -2.18. The fourth-order valence-electron chi connectivity index (χ4n) is 3.45. The van der Waals surface area contributed by atoms with E-state index in [4.69, 9.17) is 34.8 Å². The SMILES string of the molecule is FC(F)(F)/C(=C(/Sc1c(Cl)cccc1Cl)P(c1ccccc1)c1ccccc1)c1ccc(Cl)cc1. The molecule has 0 bridgehead atoms. The minimum atomic E-state index is -4.66. The van der Waals surface area contributed by atoms with Crippen LogP contribution in [0.4, 0.5) is 13.2 Å². The number of hydrogen-bond donors (Lipinski definition) is 0. The maximum atomic E-state index is 14.9. The van der Waals surface area contributed by atoms with E-state index < -0.39 is 19.7 Å². The summed E-state index contributed by atoms with van der Waals surface area (Å²) < 4.78 is 44.8. The Morgan fingerprint density at radius 1 is 0.629 bits per heavy atom. The van der Waals surface area contributed by atoms with E-state index in [9.17, 15) is 13.2 Å². The summed E-state index contributed by atoms with van der Waals surface area (Å²) >= 11 is 19.8. The van der Waals surface area contributed by atoms with Crippen molar-refractivity contribution in [3.05, 3.63) is 128 Å². The molecule has 0 N–H and O–H groups in total. The van der Waals surface area contributed by atoms with Gasteiger partial charge in [-0.3, -0.25) is 0 Å². The lowest BCUT2D eigenvalue weighted by Gasteiger charge is -2.27. The van der Waals surface area contributed by atoms with Gasteiger partial charge < -0.3 is 0 Å². The number of allylic oxidation sites excluding steroid dienone is 1. The molecular weight excluding hydrogens is 551 g/mol. The van der Waals surface area contributed by atoms with E-state index in [0.717, 1.165) is 22.4 Å². The molecule has 0 radical (unpaired) electrons. The van der Waals surface area contributed by atoms with Crippen LogP contribution in [-0.2, 0) is 0 Å². The third-order valence-electron chi connectivity index (χ3n) is 4.98. The highest BCUT2D eigenvalue weighted by molar-refractivity contribution is 8.12. The summed E-state index contributed by atoms with van der Waals surface area (Å²) in [5.41, 5.74) is -0.721. The number of rotatable bonds is 6. The van der Waals surface area contributed by atoms with Crippen LogP contribution in [0.15, 0.2) is 113 Å². The molecule has 0 amide bonds. The molecule has 0 spiro atoms. The summed E-state index contributed by atoms with van der Waals surface area (Å²) in [5.74, 6) is 0. The molecule has 35 heavy (non-hydrogen) atoms. The molecule has 4 rings (SSSR count). The maximum Gasteiger partial charge on any atom is 0.418 e. The Hall–Kier alpha value is -1.94. The molecule has 0 atom stereocenters. The fourth-order valence-corrected chi connectivity index (χ4v) is 8.52. The van der Waals surface area contributed by atoms with Gasteiger partial charge in [-0.05, 0) is 48.4 Å². The summed E-state index contributed by atoms with van der Waals surface area (Å²) in [6, 6.07) is 29.0. The number of hydrogen-bond acceptors (Lipinski definition) is 1. The first-order valence-electron chi connectivity index (χ1n) is 10.3. The van der Waals surface area contributed by atoms with Crippen LogP contribution < -0.4 is 10.6 Å². The van der Waals surface area contributed by atoms with Crippen molar-refractivity contribution in [2.75, 3.05) is 0 Å². The van der Waals surface area contributed by atoms with Crippen molar-refractivity contribution in [2.45, 2.75) is 11.1 Å². The van der Waals surface area contributed by atoms with E-state index in [0.29, 0.717) is 9.92 Å². The molecule has 0 saturated heterocycles. The van der Waals surface area contributed by atoms with Gasteiger partial charge in [-0.15, -0.1) is 0 Å². The van der Waals surface area contributed by atoms with Gasteiger partial charge in [0.05, 0.1) is 15.6 Å². The topological polar surface area (TPSA) is 0 Å². The Labute approximate surface area is 222 Å². The van der Waals surface area contributed by atoms with Crippen LogP contribution in [0.2, 0.25) is 15.1 Å². The van der Waals surface area contributed by atoms with Gasteiger partial charge in [0, 0.05) is 14.6 Å². The average Bonchev–Trinajstić information content (AvgIpc) is 2.83. The monoisotopic (exact) mass is 566 g/mol. The van der Waals surface area contributed by atoms with Crippen molar-refractivity contribution in [2.24, 2.45) is 0 Å². The summed E-state index contributed by atoms with van der Waals surface area (Å²) in [6.07, 6.45) is -4.66. The van der Waals surface area contributed by atoms with E-state index in [1.54, 1.807) is 18.2 Å². The van der Waals surface area contributed by atoms with Crippen molar-refractivity contribution in [1.29, 1.82) is 0 Å². The van der Waals surface area contributed by atoms with Crippen molar-refractivity contribution in [3.63, 3.8) is 0 Å². The van der Waals surface area contributed by atoms with Gasteiger partial charge in [-0.2, -0.15) is 13.2 Å². The molecule has 4 aromatic carbocycles. The summed E-state index contributed by atoms with van der Waals surface area (Å²) in [6.45, 7) is 0. The van der Waals surface area contributed by atoms with E-state index in [1.807, 2.05) is 60.7 Å². The molecule has 0 aliphatic rings. The van der Waals surface area contributed by atoms with Crippen molar-refractivity contribution >= 4 is 70.7 Å². The zero-order valence-electron chi connectivity index (χ0n) is 17.9. The molecule has 0 fully saturated rings. The number of halogens is 6. The second-order valence-corrected chi connectivity index (χ2v) is 12.1. The zero-order chi connectivity index (χ0) is 25.0. The minimum absolute atomic E-state index is 0.0203. The van der Waals surface area contributed by atoms with Crippen LogP contribution in [0.5, 0.6) is 0 Å². The molecule has 0 nitrogen and oxygen atoms in total. The smallest absolute Gasteiger partial charge is 0.166 e. The van der Waals surface area contributed by atoms with Gasteiger partial charge in [-0.25, -0.2) is 0 Å². The highest BCUT2D eigenvalue weighted by atomic mass is 35.5. The Balaban J connectivity index is 2.08. The predicted octanol–water partition coefficient (Wildman–Crippen LogP) is 9.80. The largest absolute Gasteiger partial charge is 0.418 e. The third-order valence-corrected chi connectivity index (χ3v) is 10.2. The van der Waals surface area contributed by atoms with Crippen molar-refractivity contribution in [1.82, 2.24) is 0 Å². The first-order valence-corrected chi connectivity index (χ1v) is 13.6. The van der Waals surface area contributed by atoms with Gasteiger partial charge in [0.2, 0.25) is 0 Å². The predicted molar refractivity (Wildman–Crippen MR) is 146 cm³/mol. The van der Waals surface area contributed by atoms with Gasteiger partial charge in [0.25, 0.3) is 0 Å². The summed E-state index contributed by atoms with van der Waals surface area (Å²) in [7, 11) is -1.63. The van der Waals surface area contributed by atoms with Crippen LogP contribution in [0.1, 0.15) is 5.56 Å². The molecule has 8 heteroatoms. The van der Waals surface area contributed by atoms with E-state index in [2.05, 4.69) is 0 Å². The molecule has 178 valence electrons. The summed E-state index contributed by atoms with van der Waals surface area (Å²) in [4.78, 5) is 0.376. The van der Waals surface area contributed by atoms with Crippen LogP contribution >= 0.6 is 54.5 Å². The molecule has 0 saturated carbocycles. The first kappa shape index (κ1) is 26.1. The van der Waals surface area contributed by atoms with E-state index in [1.165, 1.54) is 24.3 Å². The molecule has 0 aliphatic heterocycles.